The van der Waals surface area contributed by atoms with Gasteiger partial charge in [0.15, 0.2) is 3.57 Å². The molecule has 3 nitrogen and oxygen atoms in total. The topological polar surface area (TPSA) is 57.5 Å². The fourth-order valence-electron chi connectivity index (χ4n) is 1.34. The van der Waals surface area contributed by atoms with Crippen LogP contribution in [0.1, 0.15) is 10.4 Å². The summed E-state index contributed by atoms with van der Waals surface area (Å²) >= 11 is -0.531. The Morgan fingerprint density at radius 2 is 1.65 bits per heavy atom. The Labute approximate surface area is 109 Å². The smallest absolute Gasteiger partial charge is 0.358 e. The zero-order chi connectivity index (χ0) is 12.3. The van der Waals surface area contributed by atoms with Crippen LogP contribution in [0.25, 0.3) is 0 Å². The van der Waals surface area contributed by atoms with Crippen LogP contribution in [-0.2, 0) is 0 Å². The molecule has 0 aromatic heterocycles. The molecular weight excluding hydrogens is 331 g/mol. The first kappa shape index (κ1) is 11.9. The molecule has 4 heteroatoms. The van der Waals surface area contributed by atoms with Gasteiger partial charge in [0.05, 0.1) is 0 Å². The summed E-state index contributed by atoms with van der Waals surface area (Å²) in [5.74, 6) is -0.664. The Balaban J connectivity index is 2.30. The maximum Gasteiger partial charge on any atom is 0.358 e. The third kappa shape index (κ3) is 2.97. The second-order valence-corrected chi connectivity index (χ2v) is 6.30. The molecule has 0 atom stereocenters. The largest absolute Gasteiger partial charge is 0.508 e. The van der Waals surface area contributed by atoms with Crippen molar-refractivity contribution in [3.63, 3.8) is 0 Å². The molecule has 0 saturated carbocycles. The van der Waals surface area contributed by atoms with Gasteiger partial charge in [-0.1, -0.05) is 12.1 Å². The molecule has 0 unspecified atom stereocenters. The summed E-state index contributed by atoms with van der Waals surface area (Å²) in [6, 6.07) is 14.0. The summed E-state index contributed by atoms with van der Waals surface area (Å²) in [6.07, 6.45) is 0. The summed E-state index contributed by atoms with van der Waals surface area (Å²) < 4.78 is 1.96. The summed E-state index contributed by atoms with van der Waals surface area (Å²) in [5, 5.41) is 18.2. The van der Waals surface area contributed by atoms with Gasteiger partial charge >= 0.3 is 27.2 Å². The highest BCUT2D eigenvalue weighted by molar-refractivity contribution is 5.87. The number of halogens is 1. The average molecular weight is 341 g/mol. The van der Waals surface area contributed by atoms with Gasteiger partial charge in [0.1, 0.15) is 11.3 Å². The predicted octanol–water partition coefficient (Wildman–Crippen LogP) is -0.781. The van der Waals surface area contributed by atoms with Crippen LogP contribution >= 0.6 is 0 Å². The van der Waals surface area contributed by atoms with E-state index in [0.29, 0.717) is 5.56 Å². The monoisotopic (exact) mass is 341 g/mol. The van der Waals surface area contributed by atoms with Crippen molar-refractivity contribution >= 4 is 5.97 Å². The lowest BCUT2D eigenvalue weighted by atomic mass is 10.2. The van der Waals surface area contributed by atoms with E-state index in [9.17, 15) is 9.90 Å². The molecule has 86 valence electrons. The van der Waals surface area contributed by atoms with E-state index in [2.05, 4.69) is 0 Å². The molecule has 2 aromatic rings. The van der Waals surface area contributed by atoms with Crippen molar-refractivity contribution in [1.29, 1.82) is 0 Å². The minimum atomic E-state index is -0.890. The van der Waals surface area contributed by atoms with Crippen LogP contribution in [0.4, 0.5) is 0 Å². The Bertz CT molecular complexity index is 535. The van der Waals surface area contributed by atoms with E-state index < -0.39 is 27.2 Å². The normalized spacial score (nSPS) is 10.1. The predicted molar refractivity (Wildman–Crippen MR) is 58.9 cm³/mol. The second kappa shape index (κ2) is 5.18. The number of aromatic carboxylic acids is 1. The van der Waals surface area contributed by atoms with Crippen molar-refractivity contribution in [3.8, 4) is 5.75 Å². The van der Waals surface area contributed by atoms with Gasteiger partial charge in [0.25, 0.3) is 0 Å². The number of phenols is 1. The van der Waals surface area contributed by atoms with Gasteiger partial charge in [-0.25, -0.2) is 4.79 Å². The van der Waals surface area contributed by atoms with Gasteiger partial charge in [-0.3, -0.25) is 0 Å². The van der Waals surface area contributed by atoms with E-state index in [1.807, 2.05) is 24.3 Å². The molecule has 0 spiro atoms. The van der Waals surface area contributed by atoms with Crippen molar-refractivity contribution in [1.82, 2.24) is 0 Å². The lowest BCUT2D eigenvalue weighted by Gasteiger charge is -1.94. The SMILES string of the molecule is O=C(O)c1ccccc1[I+]c1ccc(O)cc1. The first-order valence-electron chi connectivity index (χ1n) is 4.93. The fraction of sp³-hybridized carbons (Fsp3) is 0. The van der Waals surface area contributed by atoms with Crippen LogP contribution in [0.5, 0.6) is 5.75 Å². The number of carboxylic acid groups (broad SMARTS) is 1. The number of benzene rings is 2. The number of carboxylic acids is 1. The highest BCUT2D eigenvalue weighted by Crippen LogP contribution is 2.04. The summed E-state index contributed by atoms with van der Waals surface area (Å²) in [6.45, 7) is 0. The van der Waals surface area contributed by atoms with Crippen LogP contribution in [0.3, 0.4) is 0 Å². The van der Waals surface area contributed by atoms with Crippen molar-refractivity contribution in [2.45, 2.75) is 0 Å². The summed E-state index contributed by atoms with van der Waals surface area (Å²) in [4.78, 5) is 11.0. The zero-order valence-electron chi connectivity index (χ0n) is 8.80. The van der Waals surface area contributed by atoms with E-state index >= 15 is 0 Å². The van der Waals surface area contributed by atoms with E-state index in [-0.39, 0.29) is 5.75 Å². The summed E-state index contributed by atoms with van der Waals surface area (Å²) in [5.41, 5.74) is 0.369. The Morgan fingerprint density at radius 3 is 2.29 bits per heavy atom. The average Bonchev–Trinajstić information content (AvgIpc) is 2.32. The first-order chi connectivity index (χ1) is 8.16. The molecule has 0 aliphatic heterocycles. The molecule has 0 saturated heterocycles. The van der Waals surface area contributed by atoms with Crippen LogP contribution in [0.15, 0.2) is 48.5 Å². The number of carbonyl (C=O) groups is 1. The van der Waals surface area contributed by atoms with Gasteiger partial charge in [-0.2, -0.15) is 0 Å². The molecule has 17 heavy (non-hydrogen) atoms. The lowest BCUT2D eigenvalue weighted by Crippen LogP contribution is -3.61. The van der Waals surface area contributed by atoms with Crippen molar-refractivity contribution in [3.05, 3.63) is 61.2 Å². The highest BCUT2D eigenvalue weighted by atomic mass is 127. The number of hydrogen-bond donors (Lipinski definition) is 2. The Morgan fingerprint density at radius 1 is 1.00 bits per heavy atom. The van der Waals surface area contributed by atoms with Gasteiger partial charge in [0, 0.05) is 0 Å². The third-order valence-electron chi connectivity index (χ3n) is 2.14. The molecule has 0 heterocycles. The molecule has 0 aliphatic rings. The molecule has 0 fully saturated rings. The quantitative estimate of drug-likeness (QED) is 0.721. The molecule has 0 aliphatic carbocycles. The zero-order valence-corrected chi connectivity index (χ0v) is 11.0. The molecule has 0 amide bonds. The van der Waals surface area contributed by atoms with Gasteiger partial charge in [-0.05, 0) is 36.4 Å². The van der Waals surface area contributed by atoms with Crippen molar-refractivity contribution in [2.75, 3.05) is 0 Å². The van der Waals surface area contributed by atoms with E-state index in [0.717, 1.165) is 7.14 Å². The number of hydrogen-bond acceptors (Lipinski definition) is 2. The van der Waals surface area contributed by atoms with Gasteiger partial charge < -0.3 is 10.2 Å². The van der Waals surface area contributed by atoms with Gasteiger partial charge in [0.2, 0.25) is 3.57 Å². The highest BCUT2D eigenvalue weighted by Gasteiger charge is 2.22. The van der Waals surface area contributed by atoms with Crippen LogP contribution in [0.2, 0.25) is 0 Å². The minimum Gasteiger partial charge on any atom is -0.508 e. The van der Waals surface area contributed by atoms with Crippen LogP contribution in [0, 0.1) is 7.14 Å². The fourth-order valence-corrected chi connectivity index (χ4v) is 3.82. The van der Waals surface area contributed by atoms with Gasteiger partial charge in [-0.15, -0.1) is 0 Å². The molecule has 2 rings (SSSR count). The summed E-state index contributed by atoms with van der Waals surface area (Å²) in [7, 11) is 0. The molecule has 2 N–H and O–H groups in total. The van der Waals surface area contributed by atoms with Crippen LogP contribution < -0.4 is 21.2 Å². The molecular formula is C13H10IO3+. The Kier molecular flexibility index (Phi) is 3.63. The van der Waals surface area contributed by atoms with E-state index in [4.69, 9.17) is 5.11 Å². The van der Waals surface area contributed by atoms with E-state index in [1.165, 1.54) is 0 Å². The van der Waals surface area contributed by atoms with Crippen molar-refractivity contribution < 1.29 is 36.2 Å². The van der Waals surface area contributed by atoms with Crippen molar-refractivity contribution in [2.24, 2.45) is 0 Å². The number of phenolic OH excluding ortho intramolecular Hbond substituents is 1. The standard InChI is InChI=1S/C13H9IO3/c15-10-7-5-9(6-8-10)14-12-4-2-1-3-11(12)13(16)17/h1-8H,(H-,15,16,17)/p+1. The molecule has 2 aromatic carbocycles. The van der Waals surface area contributed by atoms with Crippen LogP contribution in [-0.4, -0.2) is 16.2 Å². The first-order valence-corrected chi connectivity index (χ1v) is 7.09. The second-order valence-electron chi connectivity index (χ2n) is 3.36. The Hall–Kier alpha value is -1.56. The molecule has 0 radical (unpaired) electrons. The maximum atomic E-state index is 11.0. The number of rotatable bonds is 3. The number of aromatic hydroxyl groups is 1. The molecule has 0 bridgehead atoms. The van der Waals surface area contributed by atoms with E-state index in [1.54, 1.807) is 24.3 Å². The lowest BCUT2D eigenvalue weighted by molar-refractivity contribution is -0.597. The third-order valence-corrected chi connectivity index (χ3v) is 5.01. The maximum absolute atomic E-state index is 11.0. The minimum absolute atomic E-state index is 0.226.